The average molecular weight is 445 g/mol. The highest BCUT2D eigenvalue weighted by Crippen LogP contribution is 2.29. The van der Waals surface area contributed by atoms with E-state index in [1.165, 1.54) is 5.57 Å². The van der Waals surface area contributed by atoms with Crippen LogP contribution in [0.1, 0.15) is 38.6 Å². The Bertz CT molecular complexity index is 1370. The Hall–Kier alpha value is -3.88. The van der Waals surface area contributed by atoms with E-state index in [1.807, 2.05) is 61.5 Å². The Morgan fingerprint density at radius 1 is 1.18 bits per heavy atom. The number of pyridine rings is 1. The van der Waals surface area contributed by atoms with E-state index < -0.39 is 0 Å². The van der Waals surface area contributed by atoms with E-state index in [0.717, 1.165) is 46.0 Å². The fourth-order valence-electron chi connectivity index (χ4n) is 4.02. The number of H-pyrrole nitrogens is 1. The minimum Gasteiger partial charge on any atom is -0.339 e. The summed E-state index contributed by atoms with van der Waals surface area (Å²) in [6, 6.07) is 6.02. The van der Waals surface area contributed by atoms with Crippen molar-refractivity contribution < 1.29 is 4.79 Å². The Morgan fingerprint density at radius 2 is 2.03 bits per heavy atom. The molecule has 33 heavy (non-hydrogen) atoms. The molecule has 0 fully saturated rings. The number of urea groups is 1. The molecule has 0 bridgehead atoms. The number of rotatable bonds is 3. The SMILES string of the molecule is Cc1cnc2ccc(Nc3ncnc4[nH]c(C5=CCN(C(=O)NC(C)(C)C)CC5)cc34)cn12. The average Bonchev–Trinajstić information content (AvgIpc) is 3.37. The van der Waals surface area contributed by atoms with Crippen molar-refractivity contribution in [3.05, 3.63) is 54.4 Å². The number of carbonyl (C=O) groups is 1. The zero-order chi connectivity index (χ0) is 23.2. The van der Waals surface area contributed by atoms with Gasteiger partial charge in [0.2, 0.25) is 0 Å². The van der Waals surface area contributed by atoms with Gasteiger partial charge in [-0.2, -0.15) is 0 Å². The highest BCUT2D eigenvalue weighted by Gasteiger charge is 2.22. The number of carbonyl (C=O) groups excluding carboxylic acids is 1. The number of anilines is 2. The maximum atomic E-state index is 12.4. The van der Waals surface area contributed by atoms with Crippen LogP contribution in [0, 0.1) is 6.92 Å². The van der Waals surface area contributed by atoms with Crippen LogP contribution in [-0.4, -0.2) is 53.9 Å². The molecule has 9 nitrogen and oxygen atoms in total. The molecule has 5 heterocycles. The predicted molar refractivity (Wildman–Crippen MR) is 130 cm³/mol. The van der Waals surface area contributed by atoms with Crippen molar-refractivity contribution >= 4 is 39.8 Å². The van der Waals surface area contributed by atoms with E-state index in [2.05, 4.69) is 42.7 Å². The quantitative estimate of drug-likeness (QED) is 0.438. The molecule has 0 aromatic carbocycles. The maximum absolute atomic E-state index is 12.4. The van der Waals surface area contributed by atoms with Gasteiger partial charge in [0.25, 0.3) is 0 Å². The molecule has 4 aromatic heterocycles. The number of aromatic amines is 1. The van der Waals surface area contributed by atoms with Crippen LogP contribution in [-0.2, 0) is 0 Å². The summed E-state index contributed by atoms with van der Waals surface area (Å²) >= 11 is 0. The van der Waals surface area contributed by atoms with Crippen molar-refractivity contribution in [1.82, 2.24) is 34.6 Å². The van der Waals surface area contributed by atoms with Gasteiger partial charge in [-0.05, 0) is 57.9 Å². The first-order valence-electron chi connectivity index (χ1n) is 11.1. The lowest BCUT2D eigenvalue weighted by molar-refractivity contribution is 0.193. The summed E-state index contributed by atoms with van der Waals surface area (Å²) in [6.07, 6.45) is 8.30. The van der Waals surface area contributed by atoms with Crippen molar-refractivity contribution in [3.8, 4) is 0 Å². The number of nitrogens with one attached hydrogen (secondary N) is 3. The number of nitrogens with zero attached hydrogens (tertiary/aromatic N) is 5. The molecule has 170 valence electrons. The van der Waals surface area contributed by atoms with Crippen molar-refractivity contribution in [3.63, 3.8) is 0 Å². The van der Waals surface area contributed by atoms with Crippen LogP contribution in [0.25, 0.3) is 22.3 Å². The third-order valence-electron chi connectivity index (χ3n) is 5.70. The summed E-state index contributed by atoms with van der Waals surface area (Å²) in [6.45, 7) is 9.24. The summed E-state index contributed by atoms with van der Waals surface area (Å²) in [5.74, 6) is 0.738. The van der Waals surface area contributed by atoms with Crippen LogP contribution >= 0.6 is 0 Å². The Kier molecular flexibility index (Phi) is 5.03. The van der Waals surface area contributed by atoms with Crippen molar-refractivity contribution in [2.75, 3.05) is 18.4 Å². The van der Waals surface area contributed by atoms with Gasteiger partial charge in [0, 0.05) is 42.4 Å². The van der Waals surface area contributed by atoms with Crippen molar-refractivity contribution in [2.24, 2.45) is 0 Å². The number of hydrogen-bond donors (Lipinski definition) is 3. The molecule has 0 radical (unpaired) electrons. The van der Waals surface area contributed by atoms with E-state index in [-0.39, 0.29) is 11.6 Å². The van der Waals surface area contributed by atoms with Gasteiger partial charge in [-0.3, -0.25) is 0 Å². The van der Waals surface area contributed by atoms with Gasteiger partial charge in [-0.25, -0.2) is 19.7 Å². The number of fused-ring (bicyclic) bond motifs is 2. The van der Waals surface area contributed by atoms with Gasteiger partial charge in [-0.15, -0.1) is 0 Å². The van der Waals surface area contributed by atoms with E-state index in [1.54, 1.807) is 6.33 Å². The van der Waals surface area contributed by atoms with Crippen molar-refractivity contribution in [1.29, 1.82) is 0 Å². The number of imidazole rings is 1. The van der Waals surface area contributed by atoms with Gasteiger partial charge < -0.3 is 24.9 Å². The van der Waals surface area contributed by atoms with E-state index in [0.29, 0.717) is 13.1 Å². The molecule has 1 aliphatic rings. The molecular formula is C24H28N8O. The Morgan fingerprint density at radius 3 is 2.79 bits per heavy atom. The minimum atomic E-state index is -0.249. The summed E-state index contributed by atoms with van der Waals surface area (Å²) in [5.41, 5.74) is 5.60. The monoisotopic (exact) mass is 444 g/mol. The number of hydrogen-bond acceptors (Lipinski definition) is 5. The zero-order valence-corrected chi connectivity index (χ0v) is 19.3. The molecule has 9 heteroatoms. The normalized spacial score (nSPS) is 14.5. The van der Waals surface area contributed by atoms with Crippen LogP contribution in [0.2, 0.25) is 0 Å². The van der Waals surface area contributed by atoms with Gasteiger partial charge in [0.15, 0.2) is 0 Å². The van der Waals surface area contributed by atoms with Crippen LogP contribution in [0.4, 0.5) is 16.3 Å². The largest absolute Gasteiger partial charge is 0.339 e. The molecule has 0 unspecified atom stereocenters. The molecule has 1 aliphatic heterocycles. The molecule has 0 aliphatic carbocycles. The lowest BCUT2D eigenvalue weighted by atomic mass is 10.0. The second kappa shape index (κ2) is 7.91. The number of aryl methyl sites for hydroxylation is 1. The summed E-state index contributed by atoms with van der Waals surface area (Å²) < 4.78 is 2.04. The van der Waals surface area contributed by atoms with Crippen LogP contribution < -0.4 is 10.6 Å². The second-order valence-electron chi connectivity index (χ2n) is 9.44. The Balaban J connectivity index is 1.37. The predicted octanol–water partition coefficient (Wildman–Crippen LogP) is 4.25. The molecule has 4 aromatic rings. The Labute approximate surface area is 191 Å². The molecule has 0 spiro atoms. The fourth-order valence-corrected chi connectivity index (χ4v) is 4.02. The molecule has 0 saturated carbocycles. The standard InChI is InChI=1S/C24H28N8O/c1-15-12-25-20-6-5-17(13-32(15)20)28-21-18-11-19(29-22(18)27-14-26-21)16-7-9-31(10-8-16)23(33)30-24(2,3)4/h5-7,11-14H,8-10H2,1-4H3,(H,30,33)(H2,26,27,28,29). The van der Waals surface area contributed by atoms with Gasteiger partial charge in [-0.1, -0.05) is 6.08 Å². The summed E-state index contributed by atoms with van der Waals surface area (Å²) in [4.78, 5) is 31.0. The molecule has 0 saturated heterocycles. The topological polar surface area (TPSA) is 103 Å². The van der Waals surface area contributed by atoms with E-state index in [9.17, 15) is 4.79 Å². The van der Waals surface area contributed by atoms with Gasteiger partial charge in [0.05, 0.1) is 11.1 Å². The smallest absolute Gasteiger partial charge is 0.318 e. The first kappa shape index (κ1) is 21.0. The second-order valence-corrected chi connectivity index (χ2v) is 9.44. The highest BCUT2D eigenvalue weighted by molar-refractivity contribution is 5.92. The van der Waals surface area contributed by atoms with E-state index in [4.69, 9.17) is 0 Å². The molecule has 0 atom stereocenters. The maximum Gasteiger partial charge on any atom is 0.318 e. The van der Waals surface area contributed by atoms with E-state index >= 15 is 0 Å². The first-order chi connectivity index (χ1) is 15.8. The molecule has 5 rings (SSSR count). The zero-order valence-electron chi connectivity index (χ0n) is 19.3. The highest BCUT2D eigenvalue weighted by atomic mass is 16.2. The third-order valence-corrected chi connectivity index (χ3v) is 5.70. The summed E-state index contributed by atoms with van der Waals surface area (Å²) in [5, 5.41) is 7.36. The van der Waals surface area contributed by atoms with Crippen molar-refractivity contribution in [2.45, 2.75) is 39.7 Å². The van der Waals surface area contributed by atoms with Crippen LogP contribution in [0.15, 0.2) is 43.0 Å². The molecule has 3 N–H and O–H groups in total. The van der Waals surface area contributed by atoms with Gasteiger partial charge in [0.1, 0.15) is 23.4 Å². The fraction of sp³-hybridized carbons (Fsp3) is 0.333. The summed E-state index contributed by atoms with van der Waals surface area (Å²) in [7, 11) is 0. The lowest BCUT2D eigenvalue weighted by Crippen LogP contribution is -2.49. The number of amides is 2. The molecule has 2 amide bonds. The minimum absolute atomic E-state index is 0.0307. The third kappa shape index (κ3) is 4.26. The number of aromatic nitrogens is 5. The van der Waals surface area contributed by atoms with Crippen LogP contribution in [0.3, 0.4) is 0 Å². The first-order valence-corrected chi connectivity index (χ1v) is 11.1. The molecular weight excluding hydrogens is 416 g/mol. The van der Waals surface area contributed by atoms with Crippen LogP contribution in [0.5, 0.6) is 0 Å². The lowest BCUT2D eigenvalue weighted by Gasteiger charge is -2.30. The van der Waals surface area contributed by atoms with Gasteiger partial charge >= 0.3 is 6.03 Å².